The van der Waals surface area contributed by atoms with E-state index in [9.17, 15) is 9.59 Å². The summed E-state index contributed by atoms with van der Waals surface area (Å²) in [5, 5.41) is 5.51. The van der Waals surface area contributed by atoms with Crippen molar-refractivity contribution < 1.29 is 14.3 Å². The fraction of sp³-hybridized carbons (Fsp3) is 0.333. The topological polar surface area (TPSA) is 72.4 Å². The molecule has 2 N–H and O–H groups in total. The number of aromatic nitrogens is 1. The van der Waals surface area contributed by atoms with Gasteiger partial charge in [0.2, 0.25) is 0 Å². The molecule has 0 fully saturated rings. The molecule has 0 spiro atoms. The van der Waals surface area contributed by atoms with E-state index in [-0.39, 0.29) is 5.91 Å². The van der Waals surface area contributed by atoms with E-state index in [2.05, 4.69) is 26.9 Å². The van der Waals surface area contributed by atoms with Gasteiger partial charge < -0.3 is 14.6 Å². The van der Waals surface area contributed by atoms with E-state index in [0.29, 0.717) is 17.8 Å². The van der Waals surface area contributed by atoms with E-state index in [4.69, 9.17) is 0 Å². The number of ether oxygens (including phenoxy) is 1. The molecule has 1 aromatic carbocycles. The summed E-state index contributed by atoms with van der Waals surface area (Å²) in [6.45, 7) is 7.29. The summed E-state index contributed by atoms with van der Waals surface area (Å²) in [7, 11) is 1.31. The minimum absolute atomic E-state index is 0.0837. The number of benzene rings is 1. The molecule has 0 aliphatic heterocycles. The summed E-state index contributed by atoms with van der Waals surface area (Å²) < 4.78 is 6.65. The fourth-order valence-electron chi connectivity index (χ4n) is 2.67. The average Bonchev–Trinajstić information content (AvgIpc) is 2.87. The van der Waals surface area contributed by atoms with Crippen molar-refractivity contribution in [1.29, 1.82) is 0 Å². The molecule has 1 heterocycles. The van der Waals surface area contributed by atoms with Gasteiger partial charge in [-0.05, 0) is 44.5 Å². The van der Waals surface area contributed by atoms with Crippen molar-refractivity contribution in [3.05, 3.63) is 52.8 Å². The number of carbonyl (C=O) groups is 2. The van der Waals surface area contributed by atoms with Crippen LogP contribution in [-0.4, -0.2) is 23.7 Å². The Bertz CT molecular complexity index is 733. The Balaban J connectivity index is 1.98. The maximum atomic E-state index is 12.4. The summed E-state index contributed by atoms with van der Waals surface area (Å²) in [6.07, 6.45) is -0.512. The normalized spacial score (nSPS) is 10.3. The predicted octanol–water partition coefficient (Wildman–Crippen LogP) is 3.23. The van der Waals surface area contributed by atoms with Crippen molar-refractivity contribution in [2.24, 2.45) is 0 Å². The van der Waals surface area contributed by atoms with Crippen LogP contribution in [0.2, 0.25) is 0 Å². The smallest absolute Gasteiger partial charge is 0.411 e. The lowest BCUT2D eigenvalue weighted by atomic mass is 10.2. The molecule has 0 aliphatic carbocycles. The SMILES string of the molecule is CCn1c(C)cc(C(=O)NCc2ccc(NC(=O)OC)cc2)c1C. The van der Waals surface area contributed by atoms with E-state index in [0.717, 1.165) is 23.5 Å². The van der Waals surface area contributed by atoms with Gasteiger partial charge in [0.1, 0.15) is 0 Å². The van der Waals surface area contributed by atoms with Crippen LogP contribution in [0.5, 0.6) is 0 Å². The third-order valence-electron chi connectivity index (χ3n) is 3.97. The zero-order valence-electron chi connectivity index (χ0n) is 14.5. The first-order valence-electron chi connectivity index (χ1n) is 7.85. The van der Waals surface area contributed by atoms with Crippen LogP contribution >= 0.6 is 0 Å². The molecule has 0 saturated carbocycles. The van der Waals surface area contributed by atoms with Crippen molar-refractivity contribution in [3.8, 4) is 0 Å². The molecule has 0 unspecified atom stereocenters. The Kier molecular flexibility index (Phi) is 5.63. The highest BCUT2D eigenvalue weighted by Gasteiger charge is 2.14. The molecule has 0 radical (unpaired) electrons. The molecule has 6 nitrogen and oxygen atoms in total. The number of rotatable bonds is 5. The first-order valence-corrected chi connectivity index (χ1v) is 7.85. The molecule has 2 rings (SSSR count). The van der Waals surface area contributed by atoms with Gasteiger partial charge in [-0.25, -0.2) is 4.79 Å². The number of anilines is 1. The lowest BCUT2D eigenvalue weighted by Gasteiger charge is -2.08. The van der Waals surface area contributed by atoms with Crippen LogP contribution < -0.4 is 10.6 Å². The zero-order chi connectivity index (χ0) is 17.7. The van der Waals surface area contributed by atoms with E-state index in [1.807, 2.05) is 32.0 Å². The predicted molar refractivity (Wildman–Crippen MR) is 93.2 cm³/mol. The third kappa shape index (κ3) is 3.95. The molecule has 24 heavy (non-hydrogen) atoms. The van der Waals surface area contributed by atoms with Crippen LogP contribution in [-0.2, 0) is 17.8 Å². The summed E-state index contributed by atoms with van der Waals surface area (Å²) in [5.74, 6) is -0.0837. The highest BCUT2D eigenvalue weighted by molar-refractivity contribution is 5.95. The van der Waals surface area contributed by atoms with E-state index < -0.39 is 6.09 Å². The lowest BCUT2D eigenvalue weighted by molar-refractivity contribution is 0.0950. The number of nitrogens with zero attached hydrogens (tertiary/aromatic N) is 1. The monoisotopic (exact) mass is 329 g/mol. The number of hydrogen-bond acceptors (Lipinski definition) is 3. The number of carbonyl (C=O) groups excluding carboxylic acids is 2. The summed E-state index contributed by atoms with van der Waals surface area (Å²) in [5.41, 5.74) is 4.35. The molecule has 1 aromatic heterocycles. The van der Waals surface area contributed by atoms with Gasteiger partial charge in [0.05, 0.1) is 12.7 Å². The average molecular weight is 329 g/mol. The van der Waals surface area contributed by atoms with Crippen LogP contribution in [0.25, 0.3) is 0 Å². The second kappa shape index (κ2) is 7.68. The van der Waals surface area contributed by atoms with Gasteiger partial charge in [-0.15, -0.1) is 0 Å². The Morgan fingerprint density at radius 1 is 1.17 bits per heavy atom. The Morgan fingerprint density at radius 3 is 2.38 bits per heavy atom. The minimum atomic E-state index is -0.512. The number of hydrogen-bond donors (Lipinski definition) is 2. The van der Waals surface area contributed by atoms with Gasteiger partial charge in [-0.3, -0.25) is 10.1 Å². The molecular weight excluding hydrogens is 306 g/mol. The fourth-order valence-corrected chi connectivity index (χ4v) is 2.67. The molecule has 128 valence electrons. The van der Waals surface area contributed by atoms with E-state index in [1.165, 1.54) is 7.11 Å². The van der Waals surface area contributed by atoms with Crippen molar-refractivity contribution >= 4 is 17.7 Å². The summed E-state index contributed by atoms with van der Waals surface area (Å²) >= 11 is 0. The van der Waals surface area contributed by atoms with Gasteiger partial charge in [0.15, 0.2) is 0 Å². The Morgan fingerprint density at radius 2 is 1.83 bits per heavy atom. The Labute approximate surface area is 141 Å². The second-order valence-corrected chi connectivity index (χ2v) is 5.53. The van der Waals surface area contributed by atoms with Gasteiger partial charge in [0.25, 0.3) is 5.91 Å². The minimum Gasteiger partial charge on any atom is -0.453 e. The van der Waals surface area contributed by atoms with E-state index in [1.54, 1.807) is 12.1 Å². The molecule has 0 saturated heterocycles. The second-order valence-electron chi connectivity index (χ2n) is 5.53. The summed E-state index contributed by atoms with van der Waals surface area (Å²) in [6, 6.07) is 9.14. The molecule has 0 aliphatic rings. The van der Waals surface area contributed by atoms with Crippen molar-refractivity contribution in [1.82, 2.24) is 9.88 Å². The van der Waals surface area contributed by atoms with Gasteiger partial charge in [-0.1, -0.05) is 12.1 Å². The molecule has 6 heteroatoms. The maximum absolute atomic E-state index is 12.4. The Hall–Kier alpha value is -2.76. The van der Waals surface area contributed by atoms with Gasteiger partial charge >= 0.3 is 6.09 Å². The molecule has 0 atom stereocenters. The number of nitrogens with one attached hydrogen (secondary N) is 2. The number of aryl methyl sites for hydroxylation is 1. The maximum Gasteiger partial charge on any atom is 0.411 e. The van der Waals surface area contributed by atoms with Crippen molar-refractivity contribution in [3.63, 3.8) is 0 Å². The zero-order valence-corrected chi connectivity index (χ0v) is 14.5. The van der Waals surface area contributed by atoms with Crippen LogP contribution in [0.4, 0.5) is 10.5 Å². The lowest BCUT2D eigenvalue weighted by Crippen LogP contribution is -2.23. The number of methoxy groups -OCH3 is 1. The highest BCUT2D eigenvalue weighted by atomic mass is 16.5. The van der Waals surface area contributed by atoms with E-state index >= 15 is 0 Å². The number of amides is 2. The standard InChI is InChI=1S/C18H23N3O3/c1-5-21-12(2)10-16(13(21)3)17(22)19-11-14-6-8-15(9-7-14)20-18(23)24-4/h6-10H,5,11H2,1-4H3,(H,19,22)(H,20,23). The molecule has 2 amide bonds. The molecular formula is C18H23N3O3. The molecule has 2 aromatic rings. The van der Waals surface area contributed by atoms with Crippen molar-refractivity contribution in [2.75, 3.05) is 12.4 Å². The first-order chi connectivity index (χ1) is 11.5. The van der Waals surface area contributed by atoms with Crippen LogP contribution in [0.1, 0.15) is 34.2 Å². The van der Waals surface area contributed by atoms with Gasteiger partial charge in [-0.2, -0.15) is 0 Å². The van der Waals surface area contributed by atoms with Crippen LogP contribution in [0.3, 0.4) is 0 Å². The third-order valence-corrected chi connectivity index (χ3v) is 3.97. The molecule has 0 bridgehead atoms. The van der Waals surface area contributed by atoms with Crippen LogP contribution in [0, 0.1) is 13.8 Å². The van der Waals surface area contributed by atoms with Crippen LogP contribution in [0.15, 0.2) is 30.3 Å². The highest BCUT2D eigenvalue weighted by Crippen LogP contribution is 2.15. The van der Waals surface area contributed by atoms with Crippen molar-refractivity contribution in [2.45, 2.75) is 33.9 Å². The van der Waals surface area contributed by atoms with Gasteiger partial charge in [0, 0.05) is 30.2 Å². The summed E-state index contributed by atoms with van der Waals surface area (Å²) in [4.78, 5) is 23.5. The largest absolute Gasteiger partial charge is 0.453 e. The quantitative estimate of drug-likeness (QED) is 0.884. The first kappa shape index (κ1) is 17.6.